The van der Waals surface area contributed by atoms with Gasteiger partial charge in [-0.3, -0.25) is 4.79 Å². The maximum absolute atomic E-state index is 13.3. The number of ether oxygens (including phenoxy) is 1. The van der Waals surface area contributed by atoms with Gasteiger partial charge in [-0.1, -0.05) is 6.07 Å². The van der Waals surface area contributed by atoms with Gasteiger partial charge in [-0.2, -0.15) is 4.98 Å². The molecule has 0 radical (unpaired) electrons. The van der Waals surface area contributed by atoms with Crippen molar-refractivity contribution in [2.75, 3.05) is 28.7 Å². The predicted molar refractivity (Wildman–Crippen MR) is 107 cm³/mol. The molecule has 30 heavy (non-hydrogen) atoms. The van der Waals surface area contributed by atoms with Crippen molar-refractivity contribution < 1.29 is 18.3 Å². The van der Waals surface area contributed by atoms with E-state index in [2.05, 4.69) is 15.2 Å². The minimum Gasteiger partial charge on any atom is -0.373 e. The first-order chi connectivity index (χ1) is 14.5. The normalized spacial score (nSPS) is 25.0. The summed E-state index contributed by atoms with van der Waals surface area (Å²) in [6, 6.07) is 3.88. The number of nitrogens with one attached hydrogen (secondary N) is 1. The molecule has 2 fully saturated rings. The number of benzene rings is 1. The molecule has 1 amide bonds. The van der Waals surface area contributed by atoms with E-state index in [-0.39, 0.29) is 30.7 Å². The fourth-order valence-corrected chi connectivity index (χ4v) is 4.35. The number of hydrogen-bond donors (Lipinski definition) is 1. The largest absolute Gasteiger partial charge is 0.373 e. The van der Waals surface area contributed by atoms with Crippen LogP contribution in [-0.4, -0.2) is 47.7 Å². The number of amides is 1. The van der Waals surface area contributed by atoms with Crippen LogP contribution in [0.2, 0.25) is 0 Å². The van der Waals surface area contributed by atoms with Crippen molar-refractivity contribution in [1.29, 1.82) is 0 Å². The molecule has 1 saturated heterocycles. The zero-order valence-corrected chi connectivity index (χ0v) is 16.6. The highest BCUT2D eigenvalue weighted by atomic mass is 19.2. The second-order valence-corrected chi connectivity index (χ2v) is 8.15. The van der Waals surface area contributed by atoms with Gasteiger partial charge in [-0.25, -0.2) is 13.8 Å². The average Bonchev–Trinajstić information content (AvgIpc) is 3.20. The first-order valence-electron chi connectivity index (χ1n) is 10.2. The number of anilines is 3. The van der Waals surface area contributed by atoms with Crippen LogP contribution in [0, 0.1) is 11.6 Å². The Morgan fingerprint density at radius 3 is 2.90 bits per heavy atom. The summed E-state index contributed by atoms with van der Waals surface area (Å²) < 4.78 is 32.0. The maximum atomic E-state index is 13.3. The average molecular weight is 415 g/mol. The van der Waals surface area contributed by atoms with Crippen LogP contribution in [0.15, 0.2) is 24.4 Å². The molecular weight excluding hydrogens is 392 g/mol. The standard InChI is InChI=1S/C21H23F2N5O2/c1-27-18-10-24-21(26-19(18)28-6-2-3-17(28)20(27)29)25-13-8-14(9-13)30-11-12-4-5-15(22)16(23)7-12/h4-5,7,10,13-14,17H,2-3,6,8-9,11H2,1H3,(H,24,25,26)/t13-,14-,17-/m0/s1. The summed E-state index contributed by atoms with van der Waals surface area (Å²) in [5, 5.41) is 3.34. The molecule has 0 unspecified atom stereocenters. The Morgan fingerprint density at radius 1 is 1.27 bits per heavy atom. The topological polar surface area (TPSA) is 70.6 Å². The number of carbonyl (C=O) groups is 1. The maximum Gasteiger partial charge on any atom is 0.249 e. The lowest BCUT2D eigenvalue weighted by atomic mass is 9.89. The van der Waals surface area contributed by atoms with Crippen molar-refractivity contribution in [3.05, 3.63) is 41.6 Å². The summed E-state index contributed by atoms with van der Waals surface area (Å²) in [6.07, 6.45) is 5.17. The van der Waals surface area contributed by atoms with Crippen LogP contribution < -0.4 is 15.1 Å². The van der Waals surface area contributed by atoms with E-state index in [0.717, 1.165) is 55.9 Å². The first-order valence-corrected chi connectivity index (χ1v) is 10.2. The third-order valence-electron chi connectivity index (χ3n) is 6.15. The smallest absolute Gasteiger partial charge is 0.249 e. The van der Waals surface area contributed by atoms with E-state index in [1.807, 2.05) is 0 Å². The highest BCUT2D eigenvalue weighted by Crippen LogP contribution is 2.38. The summed E-state index contributed by atoms with van der Waals surface area (Å²) in [5.74, 6) is -0.257. The third kappa shape index (κ3) is 3.36. The lowest BCUT2D eigenvalue weighted by molar-refractivity contribution is -0.119. The molecule has 3 aliphatic rings. The molecule has 7 nitrogen and oxygen atoms in total. The van der Waals surface area contributed by atoms with Gasteiger partial charge in [-0.05, 0) is 43.4 Å². The highest BCUT2D eigenvalue weighted by molar-refractivity contribution is 6.04. The fourth-order valence-electron chi connectivity index (χ4n) is 4.35. The number of likely N-dealkylation sites (N-methyl/N-ethyl adjacent to an activating group) is 1. The number of hydrogen-bond acceptors (Lipinski definition) is 6. The summed E-state index contributed by atoms with van der Waals surface area (Å²) in [6.45, 7) is 1.08. The number of rotatable bonds is 5. The molecule has 1 aromatic heterocycles. The van der Waals surface area contributed by atoms with E-state index in [1.165, 1.54) is 6.07 Å². The molecule has 2 aliphatic heterocycles. The van der Waals surface area contributed by atoms with Crippen LogP contribution in [0.1, 0.15) is 31.2 Å². The molecule has 1 aromatic carbocycles. The van der Waals surface area contributed by atoms with E-state index < -0.39 is 11.6 Å². The van der Waals surface area contributed by atoms with Crippen LogP contribution in [0.3, 0.4) is 0 Å². The van der Waals surface area contributed by atoms with Gasteiger partial charge in [0.2, 0.25) is 11.9 Å². The molecule has 1 aliphatic carbocycles. The SMILES string of the molecule is CN1C(=O)[C@@H]2CCCN2c2nc(N[C@H]3C[C@H](OCc4ccc(F)c(F)c4)C3)ncc21. The number of nitrogens with zero attached hydrogens (tertiary/aromatic N) is 4. The highest BCUT2D eigenvalue weighted by Gasteiger charge is 2.41. The molecule has 3 heterocycles. The van der Waals surface area contributed by atoms with Crippen LogP contribution in [0.25, 0.3) is 0 Å². The van der Waals surface area contributed by atoms with E-state index in [1.54, 1.807) is 18.1 Å². The van der Waals surface area contributed by atoms with Gasteiger partial charge >= 0.3 is 0 Å². The molecular formula is C21H23F2N5O2. The molecule has 2 aromatic rings. The summed E-state index contributed by atoms with van der Waals surface area (Å²) in [4.78, 5) is 25.3. The quantitative estimate of drug-likeness (QED) is 0.810. The van der Waals surface area contributed by atoms with Crippen molar-refractivity contribution in [1.82, 2.24) is 9.97 Å². The fraction of sp³-hybridized carbons (Fsp3) is 0.476. The number of carbonyl (C=O) groups excluding carboxylic acids is 1. The van der Waals surface area contributed by atoms with Gasteiger partial charge in [0.15, 0.2) is 17.5 Å². The molecule has 1 saturated carbocycles. The first kappa shape index (κ1) is 19.2. The molecule has 0 bridgehead atoms. The lowest BCUT2D eigenvalue weighted by Gasteiger charge is -2.38. The zero-order chi connectivity index (χ0) is 20.8. The molecule has 5 rings (SSSR count). The van der Waals surface area contributed by atoms with Gasteiger partial charge in [-0.15, -0.1) is 0 Å². The Hall–Kier alpha value is -2.81. The third-order valence-corrected chi connectivity index (χ3v) is 6.15. The number of aromatic nitrogens is 2. The molecule has 9 heteroatoms. The van der Waals surface area contributed by atoms with E-state index in [0.29, 0.717) is 11.5 Å². The van der Waals surface area contributed by atoms with E-state index in [4.69, 9.17) is 9.72 Å². The van der Waals surface area contributed by atoms with Crippen LogP contribution in [0.5, 0.6) is 0 Å². The molecule has 1 atom stereocenters. The predicted octanol–water partition coefficient (Wildman–Crippen LogP) is 2.86. The van der Waals surface area contributed by atoms with Crippen molar-refractivity contribution in [3.8, 4) is 0 Å². The second kappa shape index (κ2) is 7.46. The molecule has 158 valence electrons. The summed E-state index contributed by atoms with van der Waals surface area (Å²) in [5.41, 5.74) is 1.35. The Balaban J connectivity index is 1.18. The van der Waals surface area contributed by atoms with Gasteiger partial charge in [0.05, 0.1) is 18.9 Å². The van der Waals surface area contributed by atoms with E-state index in [9.17, 15) is 13.6 Å². The van der Waals surface area contributed by atoms with Crippen LogP contribution >= 0.6 is 0 Å². The van der Waals surface area contributed by atoms with Crippen molar-refractivity contribution in [2.24, 2.45) is 0 Å². The minimum absolute atomic E-state index is 0.0555. The van der Waals surface area contributed by atoms with E-state index >= 15 is 0 Å². The Labute approximate surface area is 173 Å². The Morgan fingerprint density at radius 2 is 2.10 bits per heavy atom. The summed E-state index contributed by atoms with van der Waals surface area (Å²) in [7, 11) is 1.77. The Bertz CT molecular complexity index is 982. The Kier molecular flexibility index (Phi) is 4.77. The molecule has 1 N–H and O–H groups in total. The van der Waals surface area contributed by atoms with Crippen molar-refractivity contribution in [2.45, 2.75) is 50.5 Å². The van der Waals surface area contributed by atoms with Gasteiger partial charge in [0.25, 0.3) is 0 Å². The van der Waals surface area contributed by atoms with Gasteiger partial charge in [0.1, 0.15) is 11.7 Å². The van der Waals surface area contributed by atoms with Crippen LogP contribution in [-0.2, 0) is 16.1 Å². The van der Waals surface area contributed by atoms with Gasteiger partial charge in [0, 0.05) is 19.6 Å². The second-order valence-electron chi connectivity index (χ2n) is 8.15. The monoisotopic (exact) mass is 415 g/mol. The zero-order valence-electron chi connectivity index (χ0n) is 16.6. The number of fused-ring (bicyclic) bond motifs is 3. The molecule has 0 spiro atoms. The minimum atomic E-state index is -0.860. The van der Waals surface area contributed by atoms with Crippen molar-refractivity contribution >= 4 is 23.4 Å². The number of halogens is 2. The van der Waals surface area contributed by atoms with Crippen molar-refractivity contribution in [3.63, 3.8) is 0 Å². The van der Waals surface area contributed by atoms with Gasteiger partial charge < -0.3 is 19.9 Å². The lowest BCUT2D eigenvalue weighted by Crippen LogP contribution is -2.49. The van der Waals surface area contributed by atoms with Crippen LogP contribution in [0.4, 0.5) is 26.2 Å². The summed E-state index contributed by atoms with van der Waals surface area (Å²) >= 11 is 0.